The molecule has 0 spiro atoms. The zero-order valence-corrected chi connectivity index (χ0v) is 17.2. The highest BCUT2D eigenvalue weighted by molar-refractivity contribution is 7.15. The molecule has 0 fully saturated rings. The van der Waals surface area contributed by atoms with Gasteiger partial charge in [-0.2, -0.15) is 0 Å². The molecule has 29 heavy (non-hydrogen) atoms. The summed E-state index contributed by atoms with van der Waals surface area (Å²) in [5.41, 5.74) is 3.35. The summed E-state index contributed by atoms with van der Waals surface area (Å²) in [6, 6.07) is 7.73. The van der Waals surface area contributed by atoms with E-state index in [0.29, 0.717) is 29.0 Å². The fourth-order valence-corrected chi connectivity index (χ4v) is 4.32. The number of thiophene rings is 1. The van der Waals surface area contributed by atoms with Crippen molar-refractivity contribution in [1.29, 1.82) is 0 Å². The molecule has 3 rings (SSSR count). The van der Waals surface area contributed by atoms with Gasteiger partial charge in [0, 0.05) is 22.1 Å². The fourth-order valence-electron chi connectivity index (χ4n) is 3.37. The summed E-state index contributed by atoms with van der Waals surface area (Å²) in [5.74, 6) is -2.05. The number of rotatable bonds is 6. The van der Waals surface area contributed by atoms with Crippen molar-refractivity contribution in [2.75, 3.05) is 11.9 Å². The Labute approximate surface area is 173 Å². The number of hydrogen-bond donors (Lipinski definition) is 2. The van der Waals surface area contributed by atoms with Crippen molar-refractivity contribution in [3.63, 3.8) is 0 Å². The van der Waals surface area contributed by atoms with Crippen molar-refractivity contribution in [3.05, 3.63) is 51.9 Å². The van der Waals surface area contributed by atoms with Gasteiger partial charge in [-0.15, -0.1) is 11.3 Å². The van der Waals surface area contributed by atoms with E-state index in [0.717, 1.165) is 24.0 Å². The van der Waals surface area contributed by atoms with Crippen LogP contribution < -0.4 is 5.32 Å². The summed E-state index contributed by atoms with van der Waals surface area (Å²) in [5, 5.41) is 14.3. The zero-order chi connectivity index (χ0) is 21.0. The second-order valence-electron chi connectivity index (χ2n) is 6.86. The zero-order valence-electron chi connectivity index (χ0n) is 16.4. The van der Waals surface area contributed by atoms with Crippen molar-refractivity contribution in [1.82, 2.24) is 0 Å². The van der Waals surface area contributed by atoms with Crippen LogP contribution in [0.25, 0.3) is 11.1 Å². The van der Waals surface area contributed by atoms with Gasteiger partial charge in [0.25, 0.3) is 5.91 Å². The average Bonchev–Trinajstić information content (AvgIpc) is 3.12. The maximum atomic E-state index is 12.8. The lowest BCUT2D eigenvalue weighted by Gasteiger charge is -2.17. The summed E-state index contributed by atoms with van der Waals surface area (Å²) in [6.45, 7) is 3.91. The largest absolute Gasteiger partial charge is 0.478 e. The lowest BCUT2D eigenvalue weighted by Crippen LogP contribution is -2.22. The summed E-state index contributed by atoms with van der Waals surface area (Å²) in [7, 11) is 0. The van der Waals surface area contributed by atoms with Gasteiger partial charge in [-0.25, -0.2) is 9.59 Å². The molecule has 1 aromatic carbocycles. The second kappa shape index (κ2) is 9.05. The molecule has 152 valence electrons. The molecule has 1 aliphatic carbocycles. The molecule has 0 atom stereocenters. The van der Waals surface area contributed by atoms with E-state index in [9.17, 15) is 19.5 Å². The van der Waals surface area contributed by atoms with Crippen LogP contribution in [0.2, 0.25) is 0 Å². The minimum atomic E-state index is -1.06. The van der Waals surface area contributed by atoms with E-state index in [1.165, 1.54) is 11.3 Å². The third-order valence-electron chi connectivity index (χ3n) is 4.86. The quantitative estimate of drug-likeness (QED) is 0.664. The molecule has 1 amide bonds. The number of ether oxygens (including phenoxy) is 1. The molecule has 7 heteroatoms. The number of carbonyl (C=O) groups excluding carboxylic acids is 2. The van der Waals surface area contributed by atoms with E-state index < -0.39 is 17.8 Å². The Morgan fingerprint density at radius 2 is 1.76 bits per heavy atom. The molecule has 0 aliphatic heterocycles. The van der Waals surface area contributed by atoms with E-state index in [1.807, 2.05) is 31.2 Å². The highest BCUT2D eigenvalue weighted by Crippen LogP contribution is 2.37. The van der Waals surface area contributed by atoms with Gasteiger partial charge < -0.3 is 15.2 Å². The number of amides is 1. The minimum Gasteiger partial charge on any atom is -0.478 e. The van der Waals surface area contributed by atoms with E-state index in [1.54, 1.807) is 12.3 Å². The highest BCUT2D eigenvalue weighted by Gasteiger charge is 2.27. The summed E-state index contributed by atoms with van der Waals surface area (Å²) in [4.78, 5) is 37.0. The third kappa shape index (κ3) is 4.56. The Hall–Kier alpha value is -2.93. The lowest BCUT2D eigenvalue weighted by atomic mass is 9.91. The Morgan fingerprint density at radius 1 is 1.10 bits per heavy atom. The Kier molecular flexibility index (Phi) is 6.49. The molecule has 0 saturated heterocycles. The number of hydrogen-bond acceptors (Lipinski definition) is 5. The monoisotopic (exact) mass is 413 g/mol. The SMILES string of the molecule is CCOC(=O)c1c(-c2ccc(C)cc2)csc1NC(=O)C1=C(C(=O)O)CCCC1. The van der Waals surface area contributed by atoms with Gasteiger partial charge in [0.2, 0.25) is 0 Å². The lowest BCUT2D eigenvalue weighted by molar-refractivity contribution is -0.133. The minimum absolute atomic E-state index is 0.154. The number of nitrogens with one attached hydrogen (secondary N) is 1. The highest BCUT2D eigenvalue weighted by atomic mass is 32.1. The van der Waals surface area contributed by atoms with E-state index in [2.05, 4.69) is 5.32 Å². The summed E-state index contributed by atoms with van der Waals surface area (Å²) >= 11 is 1.23. The molecular formula is C22H23NO5S. The number of carboxylic acid groups (broad SMARTS) is 1. The molecular weight excluding hydrogens is 390 g/mol. The van der Waals surface area contributed by atoms with Gasteiger partial charge in [0.1, 0.15) is 10.6 Å². The first kappa shape index (κ1) is 20.8. The van der Waals surface area contributed by atoms with Crippen LogP contribution in [-0.2, 0) is 14.3 Å². The van der Waals surface area contributed by atoms with Crippen molar-refractivity contribution in [3.8, 4) is 11.1 Å². The summed E-state index contributed by atoms with van der Waals surface area (Å²) < 4.78 is 5.21. The Bertz CT molecular complexity index is 972. The standard InChI is InChI=1S/C22H23NO5S/c1-3-28-22(27)18-17(14-10-8-13(2)9-11-14)12-29-20(18)23-19(24)15-6-4-5-7-16(15)21(25)26/h8-12H,3-7H2,1-2H3,(H,23,24)(H,25,26). The maximum absolute atomic E-state index is 12.8. The van der Waals surface area contributed by atoms with Crippen molar-refractivity contribution in [2.45, 2.75) is 39.5 Å². The molecule has 0 bridgehead atoms. The molecule has 2 aromatic rings. The van der Waals surface area contributed by atoms with Crippen LogP contribution in [0.4, 0.5) is 5.00 Å². The number of carboxylic acids is 1. The summed E-state index contributed by atoms with van der Waals surface area (Å²) in [6.07, 6.45) is 2.31. The number of benzene rings is 1. The van der Waals surface area contributed by atoms with Crippen molar-refractivity contribution < 1.29 is 24.2 Å². The van der Waals surface area contributed by atoms with Crippen LogP contribution in [0, 0.1) is 6.92 Å². The van der Waals surface area contributed by atoms with Gasteiger partial charge >= 0.3 is 11.9 Å². The van der Waals surface area contributed by atoms with Crippen LogP contribution in [0.15, 0.2) is 40.8 Å². The van der Waals surface area contributed by atoms with Gasteiger partial charge in [0.05, 0.1) is 6.61 Å². The van der Waals surface area contributed by atoms with Crippen molar-refractivity contribution >= 4 is 34.2 Å². The number of esters is 1. The average molecular weight is 413 g/mol. The predicted molar refractivity (Wildman–Crippen MR) is 112 cm³/mol. The van der Waals surface area contributed by atoms with E-state index in [4.69, 9.17) is 4.74 Å². The number of aryl methyl sites for hydroxylation is 1. The van der Waals surface area contributed by atoms with Gasteiger partial charge in [-0.3, -0.25) is 4.79 Å². The van der Waals surface area contributed by atoms with Gasteiger partial charge in [-0.05, 0) is 45.1 Å². The van der Waals surface area contributed by atoms with E-state index in [-0.39, 0.29) is 17.8 Å². The van der Waals surface area contributed by atoms with Crippen LogP contribution >= 0.6 is 11.3 Å². The molecule has 1 aromatic heterocycles. The number of anilines is 1. The Balaban J connectivity index is 1.99. The van der Waals surface area contributed by atoms with Gasteiger partial charge in [0.15, 0.2) is 0 Å². The Morgan fingerprint density at radius 3 is 2.38 bits per heavy atom. The molecule has 1 aliphatic rings. The fraction of sp³-hybridized carbons (Fsp3) is 0.318. The van der Waals surface area contributed by atoms with Gasteiger partial charge in [-0.1, -0.05) is 29.8 Å². The third-order valence-corrected chi connectivity index (χ3v) is 5.76. The smallest absolute Gasteiger partial charge is 0.341 e. The first-order chi connectivity index (χ1) is 13.9. The van der Waals surface area contributed by atoms with E-state index >= 15 is 0 Å². The maximum Gasteiger partial charge on any atom is 0.341 e. The molecule has 6 nitrogen and oxygen atoms in total. The molecule has 2 N–H and O–H groups in total. The van der Waals surface area contributed by atoms with Crippen LogP contribution in [0.1, 0.15) is 48.5 Å². The molecule has 0 unspecified atom stereocenters. The number of aliphatic carboxylic acids is 1. The molecule has 0 saturated carbocycles. The number of carbonyl (C=O) groups is 3. The predicted octanol–water partition coefficient (Wildman–Crippen LogP) is 4.79. The normalized spacial score (nSPS) is 13.9. The molecule has 0 radical (unpaired) electrons. The van der Waals surface area contributed by atoms with Crippen molar-refractivity contribution in [2.24, 2.45) is 0 Å². The van der Waals surface area contributed by atoms with Crippen LogP contribution in [0.3, 0.4) is 0 Å². The second-order valence-corrected chi connectivity index (χ2v) is 7.74. The van der Waals surface area contributed by atoms with Crippen LogP contribution in [0.5, 0.6) is 0 Å². The first-order valence-electron chi connectivity index (χ1n) is 9.54. The van der Waals surface area contributed by atoms with Crippen LogP contribution in [-0.4, -0.2) is 29.6 Å². The topological polar surface area (TPSA) is 92.7 Å². The molecule has 1 heterocycles. The first-order valence-corrected chi connectivity index (χ1v) is 10.4.